The van der Waals surface area contributed by atoms with Crippen molar-refractivity contribution in [2.45, 2.75) is 31.7 Å². The maximum absolute atomic E-state index is 12.0. The molecule has 0 aliphatic heterocycles. The Labute approximate surface area is 126 Å². The lowest BCUT2D eigenvalue weighted by atomic mass is 10.1. The zero-order valence-corrected chi connectivity index (χ0v) is 13.6. The molecule has 1 aromatic carbocycles. The van der Waals surface area contributed by atoms with E-state index in [0.29, 0.717) is 0 Å². The van der Waals surface area contributed by atoms with E-state index in [1.54, 1.807) is 0 Å². The summed E-state index contributed by atoms with van der Waals surface area (Å²) in [6, 6.07) is 7.30. The first-order valence-corrected chi connectivity index (χ1v) is 8.24. The van der Waals surface area contributed by atoms with Crippen molar-refractivity contribution < 1.29 is 13.2 Å². The Balaban J connectivity index is 2.71. The summed E-state index contributed by atoms with van der Waals surface area (Å²) in [5.41, 5.74) is 7.55. The first-order valence-electron chi connectivity index (χ1n) is 6.69. The van der Waals surface area contributed by atoms with Crippen LogP contribution in [0.5, 0.6) is 0 Å². The second kappa shape index (κ2) is 7.02. The molecular weight excluding hydrogens is 290 g/mol. The van der Waals surface area contributed by atoms with Crippen LogP contribution in [0, 0.1) is 0 Å². The van der Waals surface area contributed by atoms with Gasteiger partial charge in [0.1, 0.15) is 0 Å². The Bertz CT molecular complexity index is 580. The van der Waals surface area contributed by atoms with Crippen LogP contribution in [0.25, 0.3) is 0 Å². The number of nitrogens with zero attached hydrogens (tertiary/aromatic N) is 1. The van der Waals surface area contributed by atoms with Crippen LogP contribution < -0.4 is 10.5 Å². The van der Waals surface area contributed by atoms with Crippen molar-refractivity contribution in [3.05, 3.63) is 35.4 Å². The van der Waals surface area contributed by atoms with E-state index in [1.165, 1.54) is 25.9 Å². The van der Waals surface area contributed by atoms with Crippen LogP contribution in [0.3, 0.4) is 0 Å². The third kappa shape index (κ3) is 4.80. The molecule has 118 valence electrons. The highest BCUT2D eigenvalue weighted by molar-refractivity contribution is 7.90. The Morgan fingerprint density at radius 3 is 2.19 bits per heavy atom. The van der Waals surface area contributed by atoms with E-state index in [1.807, 2.05) is 31.2 Å². The lowest BCUT2D eigenvalue weighted by molar-refractivity contribution is -0.127. The number of rotatable bonds is 6. The maximum atomic E-state index is 12.0. The summed E-state index contributed by atoms with van der Waals surface area (Å²) < 4.78 is 26.5. The van der Waals surface area contributed by atoms with Gasteiger partial charge in [-0.3, -0.25) is 4.79 Å². The fourth-order valence-corrected chi connectivity index (χ4v) is 2.84. The van der Waals surface area contributed by atoms with Crippen molar-refractivity contribution in [2.75, 3.05) is 14.1 Å². The van der Waals surface area contributed by atoms with Gasteiger partial charge in [0.05, 0.1) is 0 Å². The molecule has 0 aromatic heterocycles. The predicted molar refractivity (Wildman–Crippen MR) is 83.0 cm³/mol. The lowest BCUT2D eigenvalue weighted by Crippen LogP contribution is -2.42. The number of hydrogen-bond donors (Lipinski definition) is 2. The fourth-order valence-electron chi connectivity index (χ4n) is 1.74. The molecule has 21 heavy (non-hydrogen) atoms. The molecule has 0 aliphatic carbocycles. The Kier molecular flexibility index (Phi) is 5.88. The first kappa shape index (κ1) is 17.6. The van der Waals surface area contributed by atoms with E-state index in [2.05, 4.69) is 4.72 Å². The molecule has 0 aliphatic rings. The van der Waals surface area contributed by atoms with Gasteiger partial charge in [-0.25, -0.2) is 13.1 Å². The Morgan fingerprint density at radius 1 is 1.24 bits per heavy atom. The minimum atomic E-state index is -3.70. The first-order chi connectivity index (χ1) is 9.65. The van der Waals surface area contributed by atoms with Crippen LogP contribution in [-0.4, -0.2) is 38.6 Å². The topological polar surface area (TPSA) is 92.5 Å². The molecule has 0 saturated carbocycles. The van der Waals surface area contributed by atoms with Gasteiger partial charge in [0.15, 0.2) is 5.25 Å². The molecule has 0 spiro atoms. The standard InChI is InChI=1S/C14H23N3O3S/c1-10(15)13-7-5-12(6-8-13)9-16-21(19,20)11(2)14(18)17(3)4/h5-8,10-11,16H,9,15H2,1-4H3. The number of benzene rings is 1. The number of hydrogen-bond acceptors (Lipinski definition) is 4. The van der Waals surface area contributed by atoms with E-state index in [9.17, 15) is 13.2 Å². The molecule has 1 rings (SSSR count). The summed E-state index contributed by atoms with van der Waals surface area (Å²) in [5, 5.41) is -1.11. The summed E-state index contributed by atoms with van der Waals surface area (Å²) in [6.45, 7) is 3.41. The second-order valence-corrected chi connectivity index (χ2v) is 7.36. The molecule has 0 saturated heterocycles. The highest BCUT2D eigenvalue weighted by Crippen LogP contribution is 2.11. The zero-order valence-electron chi connectivity index (χ0n) is 12.8. The fraction of sp³-hybridized carbons (Fsp3) is 0.500. The summed E-state index contributed by atoms with van der Waals surface area (Å²) in [4.78, 5) is 13.0. The minimum absolute atomic E-state index is 0.0616. The van der Waals surface area contributed by atoms with Crippen LogP contribution in [0.4, 0.5) is 0 Å². The molecular formula is C14H23N3O3S. The van der Waals surface area contributed by atoms with Crippen LogP contribution in [0.1, 0.15) is 31.0 Å². The molecule has 0 fully saturated rings. The summed E-state index contributed by atoms with van der Waals surface area (Å²) in [5.74, 6) is -0.449. The minimum Gasteiger partial charge on any atom is -0.348 e. The second-order valence-electron chi connectivity index (χ2n) is 5.27. The van der Waals surface area contributed by atoms with Crippen molar-refractivity contribution in [2.24, 2.45) is 5.73 Å². The number of amides is 1. The normalized spacial score (nSPS) is 14.5. The zero-order chi connectivity index (χ0) is 16.2. The van der Waals surface area contributed by atoms with Crippen LogP contribution in [0.2, 0.25) is 0 Å². The Morgan fingerprint density at radius 2 is 1.76 bits per heavy atom. The number of sulfonamides is 1. The number of nitrogens with one attached hydrogen (secondary N) is 1. The smallest absolute Gasteiger partial charge is 0.241 e. The molecule has 2 atom stereocenters. The van der Waals surface area contributed by atoms with Gasteiger partial charge in [0, 0.05) is 26.7 Å². The Hall–Kier alpha value is -1.44. The number of nitrogens with two attached hydrogens (primary N) is 1. The molecule has 2 unspecified atom stereocenters. The van der Waals surface area contributed by atoms with E-state index in [0.717, 1.165) is 11.1 Å². The van der Waals surface area contributed by atoms with Crippen molar-refractivity contribution in [1.29, 1.82) is 0 Å². The predicted octanol–water partition coefficient (Wildman–Crippen LogP) is 0.602. The highest BCUT2D eigenvalue weighted by atomic mass is 32.2. The highest BCUT2D eigenvalue weighted by Gasteiger charge is 2.28. The summed E-state index contributed by atoms with van der Waals surface area (Å²) in [7, 11) is -0.637. The molecule has 6 nitrogen and oxygen atoms in total. The molecule has 7 heteroatoms. The average molecular weight is 313 g/mol. The maximum Gasteiger partial charge on any atom is 0.241 e. The third-order valence-corrected chi connectivity index (χ3v) is 4.92. The van der Waals surface area contributed by atoms with Crippen LogP contribution in [0.15, 0.2) is 24.3 Å². The van der Waals surface area contributed by atoms with Crippen molar-refractivity contribution in [3.63, 3.8) is 0 Å². The number of carbonyl (C=O) groups excluding carboxylic acids is 1. The van der Waals surface area contributed by atoms with Gasteiger partial charge in [-0.2, -0.15) is 0 Å². The molecule has 3 N–H and O–H groups in total. The van der Waals surface area contributed by atoms with E-state index in [-0.39, 0.29) is 12.6 Å². The average Bonchev–Trinajstić information content (AvgIpc) is 2.43. The van der Waals surface area contributed by atoms with Gasteiger partial charge < -0.3 is 10.6 Å². The van der Waals surface area contributed by atoms with Gasteiger partial charge in [0.2, 0.25) is 15.9 Å². The van der Waals surface area contributed by atoms with Crippen molar-refractivity contribution in [1.82, 2.24) is 9.62 Å². The summed E-state index contributed by atoms with van der Waals surface area (Å²) in [6.07, 6.45) is 0. The van der Waals surface area contributed by atoms with Gasteiger partial charge in [-0.1, -0.05) is 24.3 Å². The molecule has 0 bridgehead atoms. The van der Waals surface area contributed by atoms with Gasteiger partial charge in [0.25, 0.3) is 0 Å². The molecule has 1 aromatic rings. The third-order valence-electron chi connectivity index (χ3n) is 3.24. The molecule has 1 amide bonds. The van der Waals surface area contributed by atoms with E-state index in [4.69, 9.17) is 5.73 Å². The summed E-state index contributed by atoms with van der Waals surface area (Å²) >= 11 is 0. The van der Waals surface area contributed by atoms with Gasteiger partial charge in [-0.15, -0.1) is 0 Å². The van der Waals surface area contributed by atoms with E-state index >= 15 is 0 Å². The van der Waals surface area contributed by atoms with Crippen LogP contribution in [-0.2, 0) is 21.4 Å². The van der Waals surface area contributed by atoms with Crippen molar-refractivity contribution >= 4 is 15.9 Å². The SMILES string of the molecule is CC(N)c1ccc(CNS(=O)(=O)C(C)C(=O)N(C)C)cc1. The molecule has 0 heterocycles. The number of carbonyl (C=O) groups is 1. The molecule has 0 radical (unpaired) electrons. The van der Waals surface area contributed by atoms with Crippen molar-refractivity contribution in [3.8, 4) is 0 Å². The van der Waals surface area contributed by atoms with Crippen LogP contribution >= 0.6 is 0 Å². The van der Waals surface area contributed by atoms with Gasteiger partial charge >= 0.3 is 0 Å². The largest absolute Gasteiger partial charge is 0.348 e. The van der Waals surface area contributed by atoms with Gasteiger partial charge in [-0.05, 0) is 25.0 Å². The van der Waals surface area contributed by atoms with E-state index < -0.39 is 21.2 Å². The monoisotopic (exact) mass is 313 g/mol. The lowest BCUT2D eigenvalue weighted by Gasteiger charge is -2.17. The quantitative estimate of drug-likeness (QED) is 0.804.